The maximum atomic E-state index is 14.3. The number of benzene rings is 1. The molecule has 1 aliphatic rings. The van der Waals surface area contributed by atoms with Crippen LogP contribution >= 0.6 is 0 Å². The number of hydrogen-bond acceptors (Lipinski definition) is 5. The summed E-state index contributed by atoms with van der Waals surface area (Å²) in [4.78, 5) is 31.9. The molecule has 1 aromatic carbocycles. The molecule has 1 atom stereocenters. The zero-order valence-electron chi connectivity index (χ0n) is 16.9. The third-order valence-corrected chi connectivity index (χ3v) is 5.09. The van der Waals surface area contributed by atoms with E-state index in [1.165, 1.54) is 26.0 Å². The van der Waals surface area contributed by atoms with Gasteiger partial charge in [0.1, 0.15) is 5.82 Å². The van der Waals surface area contributed by atoms with Gasteiger partial charge < -0.3 is 19.5 Å². The summed E-state index contributed by atoms with van der Waals surface area (Å²) in [6.45, 7) is 6.69. The van der Waals surface area contributed by atoms with Gasteiger partial charge in [0.25, 0.3) is 18.3 Å². The number of oxazole rings is 1. The number of aromatic nitrogens is 1. The second kappa shape index (κ2) is 8.76. The Bertz CT molecular complexity index is 939. The van der Waals surface area contributed by atoms with E-state index in [9.17, 15) is 22.8 Å². The molecule has 7 nitrogen and oxygen atoms in total. The fourth-order valence-electron chi connectivity index (χ4n) is 3.35. The Morgan fingerprint density at radius 2 is 1.80 bits per heavy atom. The average Bonchev–Trinajstić information content (AvgIpc) is 3.09. The number of nitrogens with one attached hydrogen (secondary N) is 1. The van der Waals surface area contributed by atoms with Gasteiger partial charge in [-0.05, 0) is 13.8 Å². The molecule has 1 fully saturated rings. The van der Waals surface area contributed by atoms with Crippen molar-refractivity contribution in [1.82, 2.24) is 15.2 Å². The lowest BCUT2D eigenvalue weighted by molar-refractivity contribution is -0.129. The first-order chi connectivity index (χ1) is 14.2. The van der Waals surface area contributed by atoms with Crippen molar-refractivity contribution in [2.45, 2.75) is 33.2 Å². The molecule has 2 heterocycles. The van der Waals surface area contributed by atoms with Gasteiger partial charge in [-0.25, -0.2) is 13.2 Å². The van der Waals surface area contributed by atoms with Gasteiger partial charge in [0.05, 0.1) is 17.3 Å². The van der Waals surface area contributed by atoms with E-state index in [1.807, 2.05) is 4.90 Å². The highest BCUT2D eigenvalue weighted by Gasteiger charge is 2.27. The van der Waals surface area contributed by atoms with Crippen molar-refractivity contribution in [3.05, 3.63) is 46.6 Å². The quantitative estimate of drug-likeness (QED) is 0.798. The fourth-order valence-corrected chi connectivity index (χ4v) is 3.35. The van der Waals surface area contributed by atoms with E-state index in [-0.39, 0.29) is 23.2 Å². The first-order valence-corrected chi connectivity index (χ1v) is 9.54. The zero-order valence-corrected chi connectivity index (χ0v) is 16.9. The van der Waals surface area contributed by atoms with Crippen LogP contribution in [0.5, 0.6) is 0 Å². The Balaban J connectivity index is 1.71. The van der Waals surface area contributed by atoms with Gasteiger partial charge in [-0.15, -0.1) is 0 Å². The lowest BCUT2D eigenvalue weighted by Crippen LogP contribution is -2.48. The zero-order chi connectivity index (χ0) is 22.0. The van der Waals surface area contributed by atoms with Crippen LogP contribution in [0, 0.1) is 12.7 Å². The summed E-state index contributed by atoms with van der Waals surface area (Å²) in [7, 11) is 0. The minimum atomic E-state index is -2.95. The Kier molecular flexibility index (Phi) is 6.33. The van der Waals surface area contributed by atoms with Crippen molar-refractivity contribution in [2.24, 2.45) is 0 Å². The maximum absolute atomic E-state index is 14.3. The highest BCUT2D eigenvalue weighted by molar-refractivity contribution is 5.93. The van der Waals surface area contributed by atoms with E-state index in [1.54, 1.807) is 11.8 Å². The van der Waals surface area contributed by atoms with Gasteiger partial charge in [-0.3, -0.25) is 9.59 Å². The molecule has 2 amide bonds. The molecule has 0 radical (unpaired) electrons. The lowest BCUT2D eigenvalue weighted by atomic mass is 10.0. The number of aryl methyl sites for hydroxylation is 1. The van der Waals surface area contributed by atoms with Crippen LogP contribution in [-0.4, -0.2) is 47.9 Å². The number of alkyl halides is 2. The van der Waals surface area contributed by atoms with Crippen LogP contribution in [-0.2, 0) is 4.79 Å². The fraction of sp³-hybridized carbons (Fsp3) is 0.450. The molecule has 10 heteroatoms. The summed E-state index contributed by atoms with van der Waals surface area (Å²) in [5.74, 6) is -1.70. The highest BCUT2D eigenvalue weighted by Crippen LogP contribution is 2.28. The van der Waals surface area contributed by atoms with Gasteiger partial charge in [-0.1, -0.05) is 18.2 Å². The molecule has 0 unspecified atom stereocenters. The number of carbonyl (C=O) groups excluding carboxylic acids is 2. The molecule has 0 aliphatic carbocycles. The van der Waals surface area contributed by atoms with E-state index < -0.39 is 29.8 Å². The van der Waals surface area contributed by atoms with Gasteiger partial charge >= 0.3 is 0 Å². The standard InChI is InChI=1S/C20H23F3N4O3/c1-11(14-5-4-6-15(16(14)21)18(22)23)24-19(29)17-12(2)25-20(30-17)27-9-7-26(8-10-27)13(3)28/h4-6,11,18H,7-10H2,1-3H3,(H,24,29)/t11-/m1/s1. The molecule has 162 valence electrons. The number of piperazine rings is 1. The highest BCUT2D eigenvalue weighted by atomic mass is 19.3. The third-order valence-electron chi connectivity index (χ3n) is 5.09. The topological polar surface area (TPSA) is 78.7 Å². The number of nitrogens with zero attached hydrogens (tertiary/aromatic N) is 3. The molecule has 0 bridgehead atoms. The normalized spacial score (nSPS) is 15.4. The first kappa shape index (κ1) is 21.7. The Labute approximate surface area is 171 Å². The van der Waals surface area contributed by atoms with E-state index in [0.29, 0.717) is 31.9 Å². The van der Waals surface area contributed by atoms with Crippen LogP contribution < -0.4 is 10.2 Å². The average molecular weight is 424 g/mol. The van der Waals surface area contributed by atoms with Gasteiger partial charge in [0.2, 0.25) is 11.7 Å². The van der Waals surface area contributed by atoms with Crippen molar-refractivity contribution in [3.8, 4) is 0 Å². The molecule has 0 spiro atoms. The number of amides is 2. The molecule has 1 N–H and O–H groups in total. The molecular formula is C20H23F3N4O3. The Hall–Kier alpha value is -3.04. The maximum Gasteiger partial charge on any atom is 0.298 e. The van der Waals surface area contributed by atoms with Crippen LogP contribution in [0.1, 0.15) is 53.7 Å². The van der Waals surface area contributed by atoms with Gasteiger partial charge in [-0.2, -0.15) is 4.98 Å². The molecule has 0 saturated carbocycles. The van der Waals surface area contributed by atoms with E-state index in [4.69, 9.17) is 4.42 Å². The number of hydrogen-bond donors (Lipinski definition) is 1. The SMILES string of the molecule is CC(=O)N1CCN(c2nc(C)c(C(=O)N[C@H](C)c3cccc(C(F)F)c3F)o2)CC1. The third kappa shape index (κ3) is 4.42. The van der Waals surface area contributed by atoms with Crippen molar-refractivity contribution in [3.63, 3.8) is 0 Å². The van der Waals surface area contributed by atoms with Crippen molar-refractivity contribution in [2.75, 3.05) is 31.1 Å². The monoisotopic (exact) mass is 424 g/mol. The predicted octanol–water partition coefficient (Wildman–Crippen LogP) is 3.22. The number of carbonyl (C=O) groups is 2. The first-order valence-electron chi connectivity index (χ1n) is 9.54. The second-order valence-electron chi connectivity index (χ2n) is 7.15. The van der Waals surface area contributed by atoms with Gasteiger partial charge in [0.15, 0.2) is 0 Å². The van der Waals surface area contributed by atoms with E-state index in [2.05, 4.69) is 10.3 Å². The number of rotatable bonds is 5. The van der Waals surface area contributed by atoms with Crippen LogP contribution in [0.25, 0.3) is 0 Å². The summed E-state index contributed by atoms with van der Waals surface area (Å²) in [5, 5.41) is 2.57. The van der Waals surface area contributed by atoms with Crippen LogP contribution in [0.3, 0.4) is 0 Å². The Morgan fingerprint density at radius 1 is 1.17 bits per heavy atom. The minimum Gasteiger partial charge on any atom is -0.418 e. The van der Waals surface area contributed by atoms with Crippen molar-refractivity contribution < 1.29 is 27.2 Å². The minimum absolute atomic E-state index is 0.00423. The summed E-state index contributed by atoms with van der Waals surface area (Å²) in [6, 6.07) is 3.08. The smallest absolute Gasteiger partial charge is 0.298 e. The molecular weight excluding hydrogens is 401 g/mol. The Morgan fingerprint density at radius 3 is 2.40 bits per heavy atom. The van der Waals surface area contributed by atoms with Gasteiger partial charge in [0, 0.05) is 38.7 Å². The largest absolute Gasteiger partial charge is 0.418 e. The molecule has 1 aromatic heterocycles. The van der Waals surface area contributed by atoms with Crippen LogP contribution in [0.2, 0.25) is 0 Å². The van der Waals surface area contributed by atoms with Crippen molar-refractivity contribution >= 4 is 17.8 Å². The molecule has 2 aromatic rings. The summed E-state index contributed by atoms with van der Waals surface area (Å²) in [6.07, 6.45) is -2.95. The molecule has 1 aliphatic heterocycles. The van der Waals surface area contributed by atoms with E-state index in [0.717, 1.165) is 6.07 Å². The number of anilines is 1. The predicted molar refractivity (Wildman–Crippen MR) is 103 cm³/mol. The molecule has 30 heavy (non-hydrogen) atoms. The van der Waals surface area contributed by atoms with Crippen molar-refractivity contribution in [1.29, 1.82) is 0 Å². The number of halogens is 3. The second-order valence-corrected chi connectivity index (χ2v) is 7.15. The summed E-state index contributed by atoms with van der Waals surface area (Å²) >= 11 is 0. The van der Waals surface area contributed by atoms with Crippen LogP contribution in [0.15, 0.2) is 22.6 Å². The summed E-state index contributed by atoms with van der Waals surface area (Å²) < 4.78 is 45.8. The van der Waals surface area contributed by atoms with Crippen LogP contribution in [0.4, 0.5) is 19.2 Å². The molecule has 3 rings (SSSR count). The summed E-state index contributed by atoms with van der Waals surface area (Å²) in [5.41, 5.74) is -0.402. The molecule has 1 saturated heterocycles. The van der Waals surface area contributed by atoms with E-state index >= 15 is 0 Å². The lowest BCUT2D eigenvalue weighted by Gasteiger charge is -2.33.